The molecule has 1 amide bonds. The van der Waals surface area contributed by atoms with Crippen molar-refractivity contribution in [2.45, 2.75) is 13.0 Å². The van der Waals surface area contributed by atoms with Crippen molar-refractivity contribution in [1.82, 2.24) is 5.32 Å². The third-order valence-corrected chi connectivity index (χ3v) is 4.38. The number of thiophene rings is 1. The van der Waals surface area contributed by atoms with Gasteiger partial charge in [0.2, 0.25) is 0 Å². The van der Waals surface area contributed by atoms with E-state index in [-0.39, 0.29) is 5.91 Å². The highest BCUT2D eigenvalue weighted by Crippen LogP contribution is 2.20. The van der Waals surface area contributed by atoms with Gasteiger partial charge in [0.25, 0.3) is 5.91 Å². The summed E-state index contributed by atoms with van der Waals surface area (Å²) in [5.41, 5.74) is 1.24. The van der Waals surface area contributed by atoms with Crippen LogP contribution >= 0.6 is 22.9 Å². The van der Waals surface area contributed by atoms with Crippen molar-refractivity contribution in [2.24, 2.45) is 0 Å². The SMILES string of the molecule is C[NH+](CC(=O)NCCc1ccccc1)Cc1ccc(Cl)s1. The molecule has 1 unspecified atom stereocenters. The number of carbonyl (C=O) groups is 1. The molecule has 1 aromatic heterocycles. The Kier molecular flexibility index (Phi) is 6.23. The lowest BCUT2D eigenvalue weighted by molar-refractivity contribution is -0.885. The smallest absolute Gasteiger partial charge is 0.275 e. The third-order valence-electron chi connectivity index (χ3n) is 3.15. The number of carbonyl (C=O) groups excluding carboxylic acids is 1. The van der Waals surface area contributed by atoms with Gasteiger partial charge in [-0.25, -0.2) is 0 Å². The monoisotopic (exact) mass is 323 g/mol. The molecule has 112 valence electrons. The van der Waals surface area contributed by atoms with E-state index in [1.165, 1.54) is 10.4 Å². The number of amides is 1. The molecule has 0 aliphatic heterocycles. The molecule has 0 saturated carbocycles. The topological polar surface area (TPSA) is 33.5 Å². The molecule has 3 nitrogen and oxygen atoms in total. The summed E-state index contributed by atoms with van der Waals surface area (Å²) in [5.74, 6) is 0.0890. The molecular formula is C16H20ClN2OS+. The van der Waals surface area contributed by atoms with Crippen molar-refractivity contribution in [3.8, 4) is 0 Å². The van der Waals surface area contributed by atoms with Crippen molar-refractivity contribution in [3.05, 3.63) is 57.2 Å². The second-order valence-corrected chi connectivity index (χ2v) is 6.90. The van der Waals surface area contributed by atoms with Gasteiger partial charge in [0.05, 0.1) is 16.3 Å². The molecule has 1 aromatic carbocycles. The summed E-state index contributed by atoms with van der Waals surface area (Å²) in [6, 6.07) is 14.1. The first kappa shape index (κ1) is 16.0. The van der Waals surface area contributed by atoms with E-state index in [9.17, 15) is 4.79 Å². The fraction of sp³-hybridized carbons (Fsp3) is 0.312. The van der Waals surface area contributed by atoms with Gasteiger partial charge in [0.15, 0.2) is 6.54 Å². The summed E-state index contributed by atoms with van der Waals surface area (Å²) >= 11 is 7.48. The van der Waals surface area contributed by atoms with E-state index < -0.39 is 0 Å². The Hall–Kier alpha value is -1.36. The molecule has 0 saturated heterocycles. The molecule has 1 heterocycles. The van der Waals surface area contributed by atoms with Gasteiger partial charge in [0, 0.05) is 6.54 Å². The fourth-order valence-corrected chi connectivity index (χ4v) is 3.34. The Labute approximate surface area is 134 Å². The lowest BCUT2D eigenvalue weighted by atomic mass is 10.1. The van der Waals surface area contributed by atoms with Crippen LogP contribution in [-0.4, -0.2) is 26.0 Å². The third kappa shape index (κ3) is 5.87. The van der Waals surface area contributed by atoms with Crippen LogP contribution in [0.4, 0.5) is 0 Å². The van der Waals surface area contributed by atoms with Crippen LogP contribution in [0.1, 0.15) is 10.4 Å². The van der Waals surface area contributed by atoms with Crippen LogP contribution in [0.15, 0.2) is 42.5 Å². The average molecular weight is 324 g/mol. The Bertz CT molecular complexity index is 571. The summed E-state index contributed by atoms with van der Waals surface area (Å²) in [5, 5.41) is 2.97. The van der Waals surface area contributed by atoms with Gasteiger partial charge < -0.3 is 10.2 Å². The Balaban J connectivity index is 1.67. The normalized spacial score (nSPS) is 12.1. The Morgan fingerprint density at radius 1 is 1.24 bits per heavy atom. The van der Waals surface area contributed by atoms with Gasteiger partial charge in [0.1, 0.15) is 6.54 Å². The maximum atomic E-state index is 11.9. The second kappa shape index (κ2) is 8.17. The van der Waals surface area contributed by atoms with Crippen LogP contribution in [-0.2, 0) is 17.8 Å². The minimum absolute atomic E-state index is 0.0890. The quantitative estimate of drug-likeness (QED) is 0.800. The lowest BCUT2D eigenvalue weighted by Crippen LogP contribution is -3.08. The minimum Gasteiger partial charge on any atom is -0.351 e. The van der Waals surface area contributed by atoms with Crippen LogP contribution in [0, 0.1) is 0 Å². The van der Waals surface area contributed by atoms with Gasteiger partial charge in [-0.15, -0.1) is 11.3 Å². The minimum atomic E-state index is 0.0890. The van der Waals surface area contributed by atoms with E-state index in [1.54, 1.807) is 11.3 Å². The predicted molar refractivity (Wildman–Crippen MR) is 87.9 cm³/mol. The predicted octanol–water partition coefficient (Wildman–Crippen LogP) is 1.78. The number of hydrogen-bond acceptors (Lipinski definition) is 2. The summed E-state index contributed by atoms with van der Waals surface area (Å²) in [4.78, 5) is 14.2. The standard InChI is InChI=1S/C16H19ClN2OS/c1-19(11-14-7-8-15(17)21-14)12-16(20)18-10-9-13-5-3-2-4-6-13/h2-8H,9-12H2,1H3,(H,18,20)/p+1. The van der Waals surface area contributed by atoms with Crippen LogP contribution in [0.3, 0.4) is 0 Å². The number of halogens is 1. The molecular weight excluding hydrogens is 304 g/mol. The van der Waals surface area contributed by atoms with Gasteiger partial charge >= 0.3 is 0 Å². The van der Waals surface area contributed by atoms with E-state index in [1.807, 2.05) is 37.4 Å². The number of quaternary nitrogens is 1. The van der Waals surface area contributed by atoms with Crippen LogP contribution < -0.4 is 10.2 Å². The zero-order chi connectivity index (χ0) is 15.1. The Morgan fingerprint density at radius 2 is 2.00 bits per heavy atom. The van der Waals surface area contributed by atoms with Gasteiger partial charge in [-0.05, 0) is 24.1 Å². The lowest BCUT2D eigenvalue weighted by Gasteiger charge is -2.12. The summed E-state index contributed by atoms with van der Waals surface area (Å²) in [6.45, 7) is 1.98. The maximum absolute atomic E-state index is 11.9. The first-order valence-electron chi connectivity index (χ1n) is 6.99. The number of hydrogen-bond donors (Lipinski definition) is 2. The summed E-state index contributed by atoms with van der Waals surface area (Å²) < 4.78 is 0.796. The number of benzene rings is 1. The number of nitrogens with one attached hydrogen (secondary N) is 2. The molecule has 2 rings (SSSR count). The van der Waals surface area contributed by atoms with Crippen molar-refractivity contribution in [1.29, 1.82) is 0 Å². The zero-order valence-electron chi connectivity index (χ0n) is 12.1. The van der Waals surface area contributed by atoms with Gasteiger partial charge in [-0.2, -0.15) is 0 Å². The summed E-state index contributed by atoms with van der Waals surface area (Å²) in [6.07, 6.45) is 0.867. The molecule has 21 heavy (non-hydrogen) atoms. The molecule has 2 N–H and O–H groups in total. The summed E-state index contributed by atoms with van der Waals surface area (Å²) in [7, 11) is 2.02. The molecule has 0 aliphatic rings. The molecule has 1 atom stereocenters. The van der Waals surface area contributed by atoms with E-state index in [0.29, 0.717) is 13.1 Å². The van der Waals surface area contributed by atoms with Crippen LogP contribution in [0.25, 0.3) is 0 Å². The van der Waals surface area contributed by atoms with Gasteiger partial charge in [-0.3, -0.25) is 4.79 Å². The van der Waals surface area contributed by atoms with Crippen molar-refractivity contribution < 1.29 is 9.69 Å². The van der Waals surface area contributed by atoms with Crippen LogP contribution in [0.5, 0.6) is 0 Å². The highest BCUT2D eigenvalue weighted by atomic mass is 35.5. The van der Waals surface area contributed by atoms with Gasteiger partial charge in [-0.1, -0.05) is 41.9 Å². The molecule has 0 spiro atoms. The molecule has 5 heteroatoms. The second-order valence-electron chi connectivity index (χ2n) is 5.10. The van der Waals surface area contributed by atoms with Crippen molar-refractivity contribution in [2.75, 3.05) is 20.1 Å². The van der Waals surface area contributed by atoms with E-state index in [4.69, 9.17) is 11.6 Å². The highest BCUT2D eigenvalue weighted by Gasteiger charge is 2.11. The first-order valence-corrected chi connectivity index (χ1v) is 8.19. The first-order chi connectivity index (χ1) is 10.1. The fourth-order valence-electron chi connectivity index (χ4n) is 2.13. The highest BCUT2D eigenvalue weighted by molar-refractivity contribution is 7.16. The average Bonchev–Trinajstić information content (AvgIpc) is 2.85. The Morgan fingerprint density at radius 3 is 2.67 bits per heavy atom. The molecule has 0 bridgehead atoms. The molecule has 0 radical (unpaired) electrons. The molecule has 0 aliphatic carbocycles. The van der Waals surface area contributed by atoms with E-state index in [0.717, 1.165) is 22.2 Å². The van der Waals surface area contributed by atoms with Crippen molar-refractivity contribution >= 4 is 28.8 Å². The number of rotatable bonds is 7. The maximum Gasteiger partial charge on any atom is 0.275 e. The number of likely N-dealkylation sites (N-methyl/N-ethyl adjacent to an activating group) is 1. The molecule has 2 aromatic rings. The largest absolute Gasteiger partial charge is 0.351 e. The van der Waals surface area contributed by atoms with E-state index in [2.05, 4.69) is 17.4 Å². The van der Waals surface area contributed by atoms with E-state index >= 15 is 0 Å². The molecule has 0 fully saturated rings. The van der Waals surface area contributed by atoms with Crippen molar-refractivity contribution in [3.63, 3.8) is 0 Å². The zero-order valence-corrected chi connectivity index (χ0v) is 13.6. The van der Waals surface area contributed by atoms with Crippen LogP contribution in [0.2, 0.25) is 4.34 Å².